The normalized spacial score (nSPS) is 17.2. The van der Waals surface area contributed by atoms with Crippen molar-refractivity contribution in [3.8, 4) is 0 Å². The van der Waals surface area contributed by atoms with E-state index in [0.29, 0.717) is 62.7 Å². The van der Waals surface area contributed by atoms with Crippen molar-refractivity contribution < 1.29 is 102 Å². The van der Waals surface area contributed by atoms with Gasteiger partial charge in [0.25, 0.3) is 0 Å². The minimum absolute atomic E-state index is 0. The molecule has 0 saturated carbocycles. The van der Waals surface area contributed by atoms with E-state index in [-0.39, 0.29) is 74.0 Å². The number of hydrogen-bond acceptors (Lipinski definition) is 9. The molecule has 0 saturated heterocycles. The molecule has 0 spiro atoms. The number of rotatable bonds is 17. The first-order valence-electron chi connectivity index (χ1n) is 16.9. The third-order valence-corrected chi connectivity index (χ3v) is 11.2. The minimum atomic E-state index is -4.67. The van der Waals surface area contributed by atoms with Gasteiger partial charge in [-0.05, 0) is 81.5 Å². The summed E-state index contributed by atoms with van der Waals surface area (Å²) in [6.07, 6.45) is 13.4. The number of fused-ring (bicyclic) bond motifs is 2. The molecule has 15 heteroatoms. The smallest absolute Gasteiger partial charge is 0.744 e. The van der Waals surface area contributed by atoms with Crippen LogP contribution >= 0.6 is 0 Å². The Morgan fingerprint density at radius 1 is 0.750 bits per heavy atom. The summed E-state index contributed by atoms with van der Waals surface area (Å²) in [6, 6.07) is 8.75. The van der Waals surface area contributed by atoms with Crippen LogP contribution in [0.5, 0.6) is 0 Å². The molecule has 2 heterocycles. The third-order valence-electron chi connectivity index (χ3n) is 9.58. The summed E-state index contributed by atoms with van der Waals surface area (Å²) in [5.41, 5.74) is 3.37. The van der Waals surface area contributed by atoms with Crippen LogP contribution in [0.15, 0.2) is 82.3 Å². The number of carbonyl (C=O) groups is 2. The number of hydrogen-bond donors (Lipinski definition) is 2. The van der Waals surface area contributed by atoms with E-state index in [1.807, 2.05) is 58.1 Å². The molecule has 0 amide bonds. The van der Waals surface area contributed by atoms with Gasteiger partial charge >= 0.3 is 63.3 Å². The summed E-state index contributed by atoms with van der Waals surface area (Å²) in [7, 11) is -9.35. The number of anilines is 1. The Labute approximate surface area is 348 Å². The first-order chi connectivity index (χ1) is 23.8. The number of carboxylic acids is 2. The van der Waals surface area contributed by atoms with E-state index in [0.717, 1.165) is 22.8 Å². The van der Waals surface area contributed by atoms with Crippen LogP contribution in [-0.2, 0) is 40.7 Å². The number of nitrogens with zero attached hydrogens (tertiary/aromatic N) is 2. The SMILES string of the molecule is CC1(C)C(/C=C/C=C/C=C2\N(CCCCCC(=O)O)c3ccc(S(=O)(=O)[O-])cc3C2(C)C)=[N+](CCCCCC(=O)O)c2ccc(S(=O)(=O)[O-])cc21.[K+]. The molecule has 0 atom stereocenters. The van der Waals surface area contributed by atoms with Gasteiger partial charge in [0.15, 0.2) is 5.71 Å². The molecular weight excluding hydrogens is 736 g/mol. The van der Waals surface area contributed by atoms with E-state index in [1.54, 1.807) is 12.1 Å². The zero-order valence-corrected chi connectivity index (χ0v) is 35.0. The van der Waals surface area contributed by atoms with Crippen LogP contribution in [0.3, 0.4) is 0 Å². The van der Waals surface area contributed by atoms with Gasteiger partial charge in [-0.15, -0.1) is 0 Å². The average Bonchev–Trinajstić information content (AvgIpc) is 3.37. The quantitative estimate of drug-likeness (QED) is 0.0788. The zero-order chi connectivity index (χ0) is 37.8. The van der Waals surface area contributed by atoms with Gasteiger partial charge in [-0.2, -0.15) is 4.58 Å². The summed E-state index contributed by atoms with van der Waals surface area (Å²) in [6.45, 7) is 8.92. The van der Waals surface area contributed by atoms with E-state index in [2.05, 4.69) is 9.48 Å². The fraction of sp³-hybridized carbons (Fsp3) is 0.432. The average molecular weight is 781 g/mol. The molecule has 2 aliphatic heterocycles. The van der Waals surface area contributed by atoms with Crippen LogP contribution in [0, 0.1) is 0 Å². The third kappa shape index (κ3) is 10.4. The van der Waals surface area contributed by atoms with Crippen molar-refractivity contribution in [2.45, 2.75) is 99.7 Å². The Morgan fingerprint density at radius 2 is 1.31 bits per heavy atom. The topological polar surface area (TPSA) is 195 Å². The predicted molar refractivity (Wildman–Crippen MR) is 191 cm³/mol. The van der Waals surface area contributed by atoms with Gasteiger partial charge in [-0.25, -0.2) is 16.8 Å². The zero-order valence-electron chi connectivity index (χ0n) is 30.3. The monoisotopic (exact) mass is 780 g/mol. The van der Waals surface area contributed by atoms with E-state index in [9.17, 15) is 35.5 Å². The maximum atomic E-state index is 11.9. The maximum Gasteiger partial charge on any atom is 1.00 e. The largest absolute Gasteiger partial charge is 1.00 e. The minimum Gasteiger partial charge on any atom is -0.744 e. The van der Waals surface area contributed by atoms with Crippen LogP contribution < -0.4 is 56.3 Å². The van der Waals surface area contributed by atoms with E-state index >= 15 is 0 Å². The van der Waals surface area contributed by atoms with Crippen molar-refractivity contribution in [3.05, 3.63) is 83.6 Å². The Bertz CT molecular complexity index is 2030. The van der Waals surface area contributed by atoms with Gasteiger partial charge in [0, 0.05) is 60.3 Å². The van der Waals surface area contributed by atoms with Gasteiger partial charge in [0.2, 0.25) is 5.69 Å². The Hall–Kier alpha value is -2.47. The molecule has 0 aliphatic carbocycles. The summed E-state index contributed by atoms with van der Waals surface area (Å²) in [4.78, 5) is 23.4. The van der Waals surface area contributed by atoms with Crippen molar-refractivity contribution >= 4 is 49.3 Å². The Kier molecular flexibility index (Phi) is 15.0. The molecule has 0 radical (unpaired) electrons. The molecule has 0 aromatic heterocycles. The molecule has 276 valence electrons. The molecule has 2 aliphatic rings. The number of aliphatic carboxylic acids is 2. The van der Waals surface area contributed by atoms with Crippen LogP contribution in [0.25, 0.3) is 0 Å². The summed E-state index contributed by atoms with van der Waals surface area (Å²) >= 11 is 0. The predicted octanol–water partition coefficient (Wildman–Crippen LogP) is 2.96. The Morgan fingerprint density at radius 3 is 1.88 bits per heavy atom. The van der Waals surface area contributed by atoms with Gasteiger partial charge in [0.1, 0.15) is 26.8 Å². The van der Waals surface area contributed by atoms with Crippen LogP contribution in [0.4, 0.5) is 11.4 Å². The standard InChI is InChI=1S/C37H46N2O10S2.K/c1-36(2)28-24-26(50(44,45)46)18-20-30(28)38(22-12-6-10-16-34(40)41)32(36)14-8-5-9-15-33-37(3,4)29-25-27(51(47,48)49)19-21-31(29)39(33)23-13-7-11-17-35(42)43;/h5,8-9,14-15,18-21,24-25H,6-7,10-13,16-17,22-23H2,1-4H3,(H3-,40,41,42,43,44,45,46,47,48,49);/q;+1/p-1. The van der Waals surface area contributed by atoms with Crippen LogP contribution in [0.1, 0.15) is 90.2 Å². The molecule has 12 nitrogen and oxygen atoms in total. The number of benzene rings is 2. The Balaban J connectivity index is 0.00000729. The molecule has 2 N–H and O–H groups in total. The summed E-state index contributed by atoms with van der Waals surface area (Å²) in [5.74, 6) is -1.70. The van der Waals surface area contributed by atoms with Crippen molar-refractivity contribution in [2.75, 3.05) is 18.0 Å². The number of allylic oxidation sites excluding steroid dienone is 6. The second-order valence-electron chi connectivity index (χ2n) is 13.9. The molecule has 0 fully saturated rings. The van der Waals surface area contributed by atoms with Crippen molar-refractivity contribution in [1.29, 1.82) is 0 Å². The second-order valence-corrected chi connectivity index (χ2v) is 16.7. The molecule has 0 unspecified atom stereocenters. The molecule has 2 aromatic carbocycles. The summed E-state index contributed by atoms with van der Waals surface area (Å²) < 4.78 is 73.2. The van der Waals surface area contributed by atoms with Gasteiger partial charge in [0.05, 0.1) is 15.2 Å². The number of unbranched alkanes of at least 4 members (excludes halogenated alkanes) is 4. The first-order valence-corrected chi connectivity index (χ1v) is 19.7. The molecule has 2 aromatic rings. The van der Waals surface area contributed by atoms with E-state index in [1.165, 1.54) is 24.3 Å². The van der Waals surface area contributed by atoms with Gasteiger partial charge in [-0.1, -0.05) is 38.5 Å². The van der Waals surface area contributed by atoms with Gasteiger partial charge < -0.3 is 24.2 Å². The number of carboxylic acid groups (broad SMARTS) is 2. The molecule has 4 rings (SSSR count). The fourth-order valence-electron chi connectivity index (χ4n) is 6.91. The van der Waals surface area contributed by atoms with Crippen LogP contribution in [-0.4, -0.2) is 71.5 Å². The molecule has 0 bridgehead atoms. The van der Waals surface area contributed by atoms with Crippen LogP contribution in [0.2, 0.25) is 0 Å². The maximum absolute atomic E-state index is 11.9. The van der Waals surface area contributed by atoms with Crippen molar-refractivity contribution in [3.63, 3.8) is 0 Å². The fourth-order valence-corrected chi connectivity index (χ4v) is 7.90. The van der Waals surface area contributed by atoms with Gasteiger partial charge in [-0.3, -0.25) is 9.59 Å². The van der Waals surface area contributed by atoms with E-state index in [4.69, 9.17) is 10.2 Å². The molecular formula is C37H45KN2O10S2. The molecule has 52 heavy (non-hydrogen) atoms. The van der Waals surface area contributed by atoms with Crippen molar-refractivity contribution in [2.24, 2.45) is 0 Å². The first kappa shape index (κ1) is 43.9. The summed E-state index contributed by atoms with van der Waals surface area (Å²) in [5, 5.41) is 18.0. The second kappa shape index (κ2) is 17.8. The van der Waals surface area contributed by atoms with E-state index < -0.39 is 43.0 Å². The van der Waals surface area contributed by atoms with Crippen molar-refractivity contribution in [1.82, 2.24) is 0 Å².